The number of aliphatic hydroxyl groups is 1. The highest BCUT2D eigenvalue weighted by atomic mass is 19.2. The lowest BCUT2D eigenvalue weighted by Gasteiger charge is -2.25. The summed E-state index contributed by atoms with van der Waals surface area (Å²) in [7, 11) is 0. The Hall–Kier alpha value is -2.61. The molecule has 1 aromatic carbocycles. The van der Waals surface area contributed by atoms with Gasteiger partial charge in [-0.05, 0) is 43.2 Å². The van der Waals surface area contributed by atoms with Crippen molar-refractivity contribution >= 4 is 11.5 Å². The normalized spacial score (nSPS) is 20.9. The quantitative estimate of drug-likeness (QED) is 0.778. The summed E-state index contributed by atoms with van der Waals surface area (Å²) >= 11 is 0. The third-order valence-electron chi connectivity index (χ3n) is 4.31. The molecule has 2 atom stereocenters. The van der Waals surface area contributed by atoms with Crippen molar-refractivity contribution in [3.8, 4) is 0 Å². The molecule has 6 nitrogen and oxygen atoms in total. The average Bonchev–Trinajstić information content (AvgIpc) is 3.13. The van der Waals surface area contributed by atoms with Gasteiger partial charge in [-0.15, -0.1) is 15.3 Å². The number of benzene rings is 1. The Kier molecular flexibility index (Phi) is 3.42. The summed E-state index contributed by atoms with van der Waals surface area (Å²) in [5.41, 5.74) is 1.23. The molecule has 0 amide bonds. The molecule has 1 saturated heterocycles. The van der Waals surface area contributed by atoms with E-state index < -0.39 is 17.7 Å². The van der Waals surface area contributed by atoms with E-state index in [4.69, 9.17) is 0 Å². The highest BCUT2D eigenvalue weighted by Gasteiger charge is 2.33. The standard InChI is InChI=1S/C16H15F2N5O/c1-9-19-20-15-4-5-16(21-23(9)15)22-8-11(24)7-14(22)10-2-3-12(17)13(18)6-10/h2-6,11,14,24H,7-8H2,1H3/t11-,14+/m1/s1. The first-order valence-electron chi connectivity index (χ1n) is 7.61. The van der Waals surface area contributed by atoms with Crippen LogP contribution in [-0.2, 0) is 0 Å². The van der Waals surface area contributed by atoms with Gasteiger partial charge in [-0.2, -0.15) is 4.52 Å². The van der Waals surface area contributed by atoms with Crippen molar-refractivity contribution in [2.24, 2.45) is 0 Å². The van der Waals surface area contributed by atoms with Crippen LogP contribution in [0.2, 0.25) is 0 Å². The van der Waals surface area contributed by atoms with E-state index in [1.165, 1.54) is 12.1 Å². The number of aryl methyl sites for hydroxylation is 1. The van der Waals surface area contributed by atoms with Crippen molar-refractivity contribution in [2.75, 3.05) is 11.4 Å². The average molecular weight is 331 g/mol. The fourth-order valence-electron chi connectivity index (χ4n) is 3.14. The summed E-state index contributed by atoms with van der Waals surface area (Å²) in [6.07, 6.45) is -0.144. The van der Waals surface area contributed by atoms with Gasteiger partial charge in [0.2, 0.25) is 0 Å². The van der Waals surface area contributed by atoms with E-state index in [-0.39, 0.29) is 6.04 Å². The lowest BCUT2D eigenvalue weighted by Crippen LogP contribution is -2.26. The minimum absolute atomic E-state index is 0.281. The molecule has 0 saturated carbocycles. The van der Waals surface area contributed by atoms with Crippen molar-refractivity contribution in [3.63, 3.8) is 0 Å². The van der Waals surface area contributed by atoms with Crippen molar-refractivity contribution in [1.82, 2.24) is 19.8 Å². The maximum absolute atomic E-state index is 13.6. The number of hydrogen-bond acceptors (Lipinski definition) is 5. The minimum atomic E-state index is -0.896. The number of hydrogen-bond donors (Lipinski definition) is 1. The van der Waals surface area contributed by atoms with Crippen molar-refractivity contribution in [2.45, 2.75) is 25.5 Å². The van der Waals surface area contributed by atoms with Crippen LogP contribution >= 0.6 is 0 Å². The van der Waals surface area contributed by atoms with Crippen LogP contribution in [0, 0.1) is 18.6 Å². The number of fused-ring (bicyclic) bond motifs is 1. The van der Waals surface area contributed by atoms with Gasteiger partial charge in [0.05, 0.1) is 12.1 Å². The molecule has 0 aliphatic carbocycles. The zero-order valence-electron chi connectivity index (χ0n) is 12.9. The summed E-state index contributed by atoms with van der Waals surface area (Å²) in [5, 5.41) is 22.5. The highest BCUT2D eigenvalue weighted by molar-refractivity contribution is 5.49. The lowest BCUT2D eigenvalue weighted by atomic mass is 10.0. The molecule has 4 rings (SSSR count). The van der Waals surface area contributed by atoms with E-state index in [2.05, 4.69) is 15.3 Å². The van der Waals surface area contributed by atoms with Gasteiger partial charge in [-0.25, -0.2) is 8.78 Å². The van der Waals surface area contributed by atoms with Gasteiger partial charge in [0.25, 0.3) is 0 Å². The van der Waals surface area contributed by atoms with Gasteiger partial charge in [-0.3, -0.25) is 0 Å². The molecule has 3 aromatic rings. The molecule has 3 heterocycles. The van der Waals surface area contributed by atoms with Gasteiger partial charge < -0.3 is 10.0 Å². The topological polar surface area (TPSA) is 66.5 Å². The molecule has 1 fully saturated rings. The molecule has 0 unspecified atom stereocenters. The Bertz CT molecular complexity index is 913. The van der Waals surface area contributed by atoms with E-state index in [0.29, 0.717) is 35.8 Å². The molecule has 1 N–H and O–H groups in total. The van der Waals surface area contributed by atoms with E-state index in [9.17, 15) is 13.9 Å². The smallest absolute Gasteiger partial charge is 0.178 e. The summed E-state index contributed by atoms with van der Waals surface area (Å²) in [4.78, 5) is 1.89. The van der Waals surface area contributed by atoms with Gasteiger partial charge in [-0.1, -0.05) is 6.07 Å². The van der Waals surface area contributed by atoms with Crippen LogP contribution in [0.15, 0.2) is 30.3 Å². The molecule has 0 spiro atoms. The SMILES string of the molecule is Cc1nnc2ccc(N3C[C@H](O)C[C@H]3c3ccc(F)c(F)c3)nn12. The summed E-state index contributed by atoms with van der Waals surface area (Å²) in [6.45, 7) is 2.16. The molecular weight excluding hydrogens is 316 g/mol. The Morgan fingerprint density at radius 1 is 1.12 bits per heavy atom. The fraction of sp³-hybridized carbons (Fsp3) is 0.312. The monoisotopic (exact) mass is 331 g/mol. The molecule has 124 valence electrons. The molecule has 0 bridgehead atoms. The zero-order chi connectivity index (χ0) is 16.8. The molecule has 1 aliphatic heterocycles. The Morgan fingerprint density at radius 2 is 1.96 bits per heavy atom. The first-order valence-corrected chi connectivity index (χ1v) is 7.61. The van der Waals surface area contributed by atoms with Crippen molar-refractivity contribution in [1.29, 1.82) is 0 Å². The molecule has 1 aliphatic rings. The second-order valence-corrected chi connectivity index (χ2v) is 5.94. The summed E-state index contributed by atoms with van der Waals surface area (Å²) < 4.78 is 28.4. The van der Waals surface area contributed by atoms with Gasteiger partial charge in [0.1, 0.15) is 5.82 Å². The number of β-amino-alcohol motifs (C(OH)–C–C–N with tert-alkyl or cyclic N) is 1. The Balaban J connectivity index is 1.75. The summed E-state index contributed by atoms with van der Waals surface area (Å²) in [6, 6.07) is 7.11. The minimum Gasteiger partial charge on any atom is -0.391 e. The van der Waals surface area contributed by atoms with Gasteiger partial charge >= 0.3 is 0 Å². The summed E-state index contributed by atoms with van der Waals surface area (Å²) in [5.74, 6) is -0.511. The van der Waals surface area contributed by atoms with E-state index in [1.54, 1.807) is 23.6 Å². The molecule has 0 radical (unpaired) electrons. The predicted molar refractivity (Wildman–Crippen MR) is 82.6 cm³/mol. The second-order valence-electron chi connectivity index (χ2n) is 5.94. The molecular formula is C16H15F2N5O. The van der Waals surface area contributed by atoms with Crippen LogP contribution in [-0.4, -0.2) is 37.6 Å². The van der Waals surface area contributed by atoms with Crippen molar-refractivity contribution < 1.29 is 13.9 Å². The first-order chi connectivity index (χ1) is 11.5. The zero-order valence-corrected chi connectivity index (χ0v) is 12.9. The number of anilines is 1. The van der Waals surface area contributed by atoms with E-state index in [0.717, 1.165) is 6.07 Å². The van der Waals surface area contributed by atoms with Crippen LogP contribution < -0.4 is 4.90 Å². The van der Waals surface area contributed by atoms with Crippen LogP contribution in [0.1, 0.15) is 23.9 Å². The van der Waals surface area contributed by atoms with Crippen LogP contribution in [0.25, 0.3) is 5.65 Å². The number of nitrogens with zero attached hydrogens (tertiary/aromatic N) is 5. The van der Waals surface area contributed by atoms with Crippen molar-refractivity contribution in [3.05, 3.63) is 53.4 Å². The van der Waals surface area contributed by atoms with Crippen LogP contribution in [0.4, 0.5) is 14.6 Å². The highest BCUT2D eigenvalue weighted by Crippen LogP contribution is 2.35. The molecule has 24 heavy (non-hydrogen) atoms. The van der Waals surface area contributed by atoms with Gasteiger partial charge in [0, 0.05) is 6.54 Å². The first kappa shape index (κ1) is 14.9. The van der Waals surface area contributed by atoms with Crippen LogP contribution in [0.3, 0.4) is 0 Å². The predicted octanol–water partition coefficient (Wildman–Crippen LogP) is 2.02. The number of halogens is 2. The number of aromatic nitrogens is 4. The second kappa shape index (κ2) is 5.48. The number of rotatable bonds is 2. The van der Waals surface area contributed by atoms with Crippen LogP contribution in [0.5, 0.6) is 0 Å². The maximum atomic E-state index is 13.6. The lowest BCUT2D eigenvalue weighted by molar-refractivity contribution is 0.194. The molecule has 2 aromatic heterocycles. The van der Waals surface area contributed by atoms with E-state index >= 15 is 0 Å². The third kappa shape index (κ3) is 2.39. The third-order valence-corrected chi connectivity index (χ3v) is 4.31. The Morgan fingerprint density at radius 3 is 2.75 bits per heavy atom. The largest absolute Gasteiger partial charge is 0.391 e. The Labute approximate surface area is 136 Å². The number of aliphatic hydroxyl groups excluding tert-OH is 1. The van der Waals surface area contributed by atoms with E-state index in [1.807, 2.05) is 4.90 Å². The fourth-order valence-corrected chi connectivity index (χ4v) is 3.14. The molecule has 8 heteroatoms. The van der Waals surface area contributed by atoms with Gasteiger partial charge in [0.15, 0.2) is 23.1 Å². The maximum Gasteiger partial charge on any atom is 0.178 e.